The van der Waals surface area contributed by atoms with Crippen LogP contribution in [0.5, 0.6) is 11.6 Å². The number of nitrogens with zero attached hydrogens (tertiary/aromatic N) is 1. The van der Waals surface area contributed by atoms with E-state index in [2.05, 4.69) is 4.98 Å². The Morgan fingerprint density at radius 2 is 1.89 bits per heavy atom. The second-order valence-electron chi connectivity index (χ2n) is 9.27. The third-order valence-electron chi connectivity index (χ3n) is 6.26. The molecule has 5 nitrogen and oxygen atoms in total. The van der Waals surface area contributed by atoms with E-state index in [1.54, 1.807) is 13.0 Å². The summed E-state index contributed by atoms with van der Waals surface area (Å²) in [5.74, 6) is -0.475. The molecule has 2 atom stereocenters. The van der Waals surface area contributed by atoms with Gasteiger partial charge in [-0.15, -0.1) is 0 Å². The maximum absolute atomic E-state index is 14.3. The zero-order chi connectivity index (χ0) is 24.8. The third kappa shape index (κ3) is 6.59. The Kier molecular flexibility index (Phi) is 8.01. The molecule has 1 N–H and O–H groups in total. The fourth-order valence-corrected chi connectivity index (χ4v) is 4.04. The van der Waals surface area contributed by atoms with Crippen molar-refractivity contribution in [3.63, 3.8) is 0 Å². The molecule has 0 bridgehead atoms. The fourth-order valence-electron chi connectivity index (χ4n) is 4.04. The molecular weight excluding hydrogens is 445 g/mol. The molecule has 0 radical (unpaired) electrons. The molecular formula is C29H32FNO4. The molecule has 6 heteroatoms. The maximum Gasteiger partial charge on any atom is 0.306 e. The van der Waals surface area contributed by atoms with Crippen LogP contribution in [-0.4, -0.2) is 23.2 Å². The number of carboxylic acids is 1. The Morgan fingerprint density at radius 3 is 2.54 bits per heavy atom. The quantitative estimate of drug-likeness (QED) is 0.423. The molecule has 1 aliphatic carbocycles. The van der Waals surface area contributed by atoms with Crippen LogP contribution in [0.4, 0.5) is 4.39 Å². The minimum absolute atomic E-state index is 0.116. The van der Waals surface area contributed by atoms with Crippen LogP contribution in [0.25, 0.3) is 11.1 Å². The highest BCUT2D eigenvalue weighted by atomic mass is 19.1. The van der Waals surface area contributed by atoms with E-state index < -0.39 is 17.7 Å². The van der Waals surface area contributed by atoms with Crippen LogP contribution in [0.3, 0.4) is 0 Å². The lowest BCUT2D eigenvalue weighted by Crippen LogP contribution is -2.12. The molecule has 0 saturated heterocycles. The molecule has 2 unspecified atom stereocenters. The number of aromatic nitrogens is 1. The lowest BCUT2D eigenvalue weighted by molar-refractivity contribution is -0.141. The van der Waals surface area contributed by atoms with E-state index in [1.165, 1.54) is 26.4 Å². The standard InChI is InChI=1S/C26H26FNO4.C3H6/c1-16(26(29)30)12-17-6-7-19-4-3-5-23(32-24(19)13-17)20-10-8-18(9-11-20)21-14-25(31-2)28-15-22(21)27;1-2-3-1/h6-11,13-16,23H,3-5,12H2,1-2H3,(H,29,30);1-3H2. The van der Waals surface area contributed by atoms with Crippen LogP contribution < -0.4 is 9.47 Å². The molecule has 2 aliphatic rings. The van der Waals surface area contributed by atoms with Gasteiger partial charge in [0.05, 0.1) is 19.2 Å². The molecule has 1 aromatic heterocycles. The van der Waals surface area contributed by atoms with Crippen LogP contribution >= 0.6 is 0 Å². The number of aliphatic carboxylic acids is 1. The summed E-state index contributed by atoms with van der Waals surface area (Å²) in [4.78, 5) is 15.1. The van der Waals surface area contributed by atoms with Gasteiger partial charge in [0.25, 0.3) is 0 Å². The zero-order valence-electron chi connectivity index (χ0n) is 20.3. The van der Waals surface area contributed by atoms with Gasteiger partial charge < -0.3 is 14.6 Å². The number of methoxy groups -OCH3 is 1. The van der Waals surface area contributed by atoms with E-state index in [4.69, 9.17) is 9.47 Å². The molecule has 184 valence electrons. The van der Waals surface area contributed by atoms with Crippen molar-refractivity contribution in [2.24, 2.45) is 5.92 Å². The van der Waals surface area contributed by atoms with Crippen molar-refractivity contribution in [2.45, 2.75) is 58.0 Å². The van der Waals surface area contributed by atoms with Crippen molar-refractivity contribution >= 4 is 5.97 Å². The number of fused-ring (bicyclic) bond motifs is 1. The SMILES string of the molecule is C1CC1.COc1cc(-c2ccc(C3CCCc4ccc(CC(C)C(=O)O)cc4O3)cc2)c(F)cn1. The number of carboxylic acid groups (broad SMARTS) is 1. The van der Waals surface area contributed by atoms with E-state index in [0.29, 0.717) is 17.9 Å². The smallest absolute Gasteiger partial charge is 0.306 e. The van der Waals surface area contributed by atoms with Gasteiger partial charge in [-0.25, -0.2) is 9.37 Å². The first-order chi connectivity index (χ1) is 16.9. The Bertz CT molecular complexity index is 1160. The highest BCUT2D eigenvalue weighted by Crippen LogP contribution is 2.36. The van der Waals surface area contributed by atoms with Gasteiger partial charge in [-0.05, 0) is 54.0 Å². The average Bonchev–Trinajstić information content (AvgIpc) is 3.75. The van der Waals surface area contributed by atoms with Crippen molar-refractivity contribution in [2.75, 3.05) is 7.11 Å². The summed E-state index contributed by atoms with van der Waals surface area (Å²) in [5, 5.41) is 9.20. The van der Waals surface area contributed by atoms with E-state index in [1.807, 2.05) is 42.5 Å². The largest absolute Gasteiger partial charge is 0.485 e. The van der Waals surface area contributed by atoms with Crippen LogP contribution in [0, 0.1) is 11.7 Å². The second kappa shape index (κ2) is 11.3. The van der Waals surface area contributed by atoms with Gasteiger partial charge in [0.15, 0.2) is 0 Å². The van der Waals surface area contributed by atoms with Crippen molar-refractivity contribution < 1.29 is 23.8 Å². The first kappa shape index (κ1) is 24.7. The normalized spacial score (nSPS) is 17.1. The number of carbonyl (C=O) groups is 1. The Morgan fingerprint density at radius 1 is 1.14 bits per heavy atom. The number of hydrogen-bond acceptors (Lipinski definition) is 4. The highest BCUT2D eigenvalue weighted by molar-refractivity contribution is 5.70. The molecule has 2 heterocycles. The number of rotatable bonds is 6. The van der Waals surface area contributed by atoms with E-state index in [9.17, 15) is 14.3 Å². The Hall–Kier alpha value is -3.41. The van der Waals surface area contributed by atoms with Crippen molar-refractivity contribution in [3.8, 4) is 22.8 Å². The molecule has 1 aliphatic heterocycles. The van der Waals surface area contributed by atoms with Crippen LogP contribution in [0.2, 0.25) is 0 Å². The lowest BCUT2D eigenvalue weighted by atomic mass is 9.98. The number of aryl methyl sites for hydroxylation is 1. The van der Waals surface area contributed by atoms with Gasteiger partial charge in [-0.2, -0.15) is 0 Å². The summed E-state index contributed by atoms with van der Waals surface area (Å²) in [5.41, 5.74) is 4.30. The third-order valence-corrected chi connectivity index (χ3v) is 6.26. The first-order valence-corrected chi connectivity index (χ1v) is 12.3. The number of hydrogen-bond donors (Lipinski definition) is 1. The first-order valence-electron chi connectivity index (χ1n) is 12.3. The summed E-state index contributed by atoms with van der Waals surface area (Å²) >= 11 is 0. The number of ether oxygens (including phenoxy) is 2. The minimum atomic E-state index is -0.804. The average molecular weight is 478 g/mol. The highest BCUT2D eigenvalue weighted by Gasteiger charge is 2.21. The number of pyridine rings is 1. The summed E-state index contributed by atoms with van der Waals surface area (Å²) in [6.45, 7) is 1.71. The van der Waals surface area contributed by atoms with Crippen LogP contribution in [0.1, 0.15) is 61.8 Å². The van der Waals surface area contributed by atoms with Crippen LogP contribution in [0.15, 0.2) is 54.7 Å². The van der Waals surface area contributed by atoms with Crippen LogP contribution in [-0.2, 0) is 17.6 Å². The van der Waals surface area contributed by atoms with Gasteiger partial charge in [-0.3, -0.25) is 4.79 Å². The van der Waals surface area contributed by atoms with Crippen molar-refractivity contribution in [3.05, 3.63) is 77.2 Å². The summed E-state index contributed by atoms with van der Waals surface area (Å²) < 4.78 is 25.8. The Labute approximate surface area is 205 Å². The van der Waals surface area contributed by atoms with E-state index in [0.717, 1.165) is 53.5 Å². The van der Waals surface area contributed by atoms with Gasteiger partial charge >= 0.3 is 5.97 Å². The van der Waals surface area contributed by atoms with Crippen molar-refractivity contribution in [1.29, 1.82) is 0 Å². The summed E-state index contributed by atoms with van der Waals surface area (Å²) in [6, 6.07) is 15.3. The minimum Gasteiger partial charge on any atom is -0.485 e. The van der Waals surface area contributed by atoms with Gasteiger partial charge in [0.2, 0.25) is 5.88 Å². The van der Waals surface area contributed by atoms with E-state index in [-0.39, 0.29) is 6.10 Å². The summed E-state index contributed by atoms with van der Waals surface area (Å²) in [7, 11) is 1.50. The van der Waals surface area contributed by atoms with Crippen molar-refractivity contribution in [1.82, 2.24) is 4.98 Å². The van der Waals surface area contributed by atoms with Gasteiger partial charge in [0.1, 0.15) is 17.7 Å². The molecule has 5 rings (SSSR count). The monoisotopic (exact) mass is 477 g/mol. The second-order valence-corrected chi connectivity index (χ2v) is 9.27. The predicted molar refractivity (Wildman–Crippen MR) is 133 cm³/mol. The molecule has 2 aromatic carbocycles. The molecule has 35 heavy (non-hydrogen) atoms. The van der Waals surface area contributed by atoms with E-state index >= 15 is 0 Å². The molecule has 0 spiro atoms. The summed E-state index contributed by atoms with van der Waals surface area (Å²) in [6.07, 6.45) is 8.78. The molecule has 0 amide bonds. The number of halogens is 1. The molecule has 3 aromatic rings. The molecule has 1 saturated carbocycles. The maximum atomic E-state index is 14.3. The zero-order valence-corrected chi connectivity index (χ0v) is 20.3. The van der Waals surface area contributed by atoms with Gasteiger partial charge in [0, 0.05) is 11.6 Å². The fraction of sp³-hybridized carbons (Fsp3) is 0.379. The molecule has 1 fully saturated rings. The Balaban J connectivity index is 0.000000894. The number of benzene rings is 2. The predicted octanol–water partition coefficient (Wildman–Crippen LogP) is 6.79. The van der Waals surface area contributed by atoms with Gasteiger partial charge in [-0.1, -0.05) is 62.6 Å². The lowest BCUT2D eigenvalue weighted by Gasteiger charge is -2.19. The topological polar surface area (TPSA) is 68.7 Å².